The lowest BCUT2D eigenvalue weighted by Crippen LogP contribution is -2.33. The molecule has 1 unspecified atom stereocenters. The van der Waals surface area contributed by atoms with Gasteiger partial charge in [-0.3, -0.25) is 19.7 Å². The van der Waals surface area contributed by atoms with E-state index in [4.69, 9.17) is 4.74 Å². The Morgan fingerprint density at radius 2 is 2.04 bits per heavy atom. The maximum atomic E-state index is 12.0. The summed E-state index contributed by atoms with van der Waals surface area (Å²) in [6, 6.07) is 9.64. The number of ether oxygens (including phenoxy) is 1. The number of nitro groups is 1. The third-order valence-electron chi connectivity index (χ3n) is 3.51. The summed E-state index contributed by atoms with van der Waals surface area (Å²) in [6.45, 7) is -0.0993. The first-order valence-electron chi connectivity index (χ1n) is 7.29. The van der Waals surface area contributed by atoms with Crippen molar-refractivity contribution in [1.29, 1.82) is 0 Å². The lowest BCUT2D eigenvalue weighted by Gasteiger charge is -2.15. The zero-order valence-corrected chi connectivity index (χ0v) is 14.1. The van der Waals surface area contributed by atoms with Gasteiger partial charge >= 0.3 is 11.0 Å². The molecule has 0 aliphatic heterocycles. The minimum atomic E-state index is -1.05. The molecule has 0 saturated carbocycles. The highest BCUT2D eigenvalue weighted by Gasteiger charge is 2.22. The van der Waals surface area contributed by atoms with E-state index in [1.807, 2.05) is 0 Å². The summed E-state index contributed by atoms with van der Waals surface area (Å²) < 4.78 is 5.20. The molecule has 1 atom stereocenters. The number of methoxy groups -OCH3 is 1. The first-order valence-corrected chi connectivity index (χ1v) is 8.11. The number of hydrogen-bond donors (Lipinski definition) is 2. The molecule has 0 bridgehead atoms. The van der Waals surface area contributed by atoms with Crippen molar-refractivity contribution < 1.29 is 24.4 Å². The standard InChI is InChI=1S/C16H16N2O6S/c1-24-12-5-3-2-4-10(12)8-11(16(20)21)9-17-15(19)13-6-7-14(25-13)18(22)23/h2-7,11H,8-9H2,1H3,(H,17,19)(H,20,21). The number of rotatable bonds is 8. The zero-order chi connectivity index (χ0) is 18.4. The Bertz CT molecular complexity index is 788. The molecule has 2 aromatic rings. The number of amides is 1. The molecule has 0 aliphatic carbocycles. The quantitative estimate of drug-likeness (QED) is 0.548. The zero-order valence-electron chi connectivity index (χ0n) is 13.3. The molecule has 0 radical (unpaired) electrons. The van der Waals surface area contributed by atoms with Crippen molar-refractivity contribution in [2.75, 3.05) is 13.7 Å². The van der Waals surface area contributed by atoms with Gasteiger partial charge < -0.3 is 15.2 Å². The Morgan fingerprint density at radius 3 is 2.64 bits per heavy atom. The van der Waals surface area contributed by atoms with E-state index in [2.05, 4.69) is 5.32 Å². The number of thiophene rings is 1. The van der Waals surface area contributed by atoms with E-state index in [0.717, 1.165) is 16.9 Å². The van der Waals surface area contributed by atoms with Crippen LogP contribution in [0.1, 0.15) is 15.2 Å². The fraction of sp³-hybridized carbons (Fsp3) is 0.250. The van der Waals surface area contributed by atoms with Crippen LogP contribution in [0.2, 0.25) is 0 Å². The lowest BCUT2D eigenvalue weighted by molar-refractivity contribution is -0.380. The Labute approximate surface area is 147 Å². The Balaban J connectivity index is 2.02. The maximum Gasteiger partial charge on any atom is 0.324 e. The van der Waals surface area contributed by atoms with Crippen LogP contribution in [0, 0.1) is 16.0 Å². The van der Waals surface area contributed by atoms with Crippen molar-refractivity contribution >= 4 is 28.2 Å². The topological polar surface area (TPSA) is 119 Å². The first-order chi connectivity index (χ1) is 11.9. The molecule has 25 heavy (non-hydrogen) atoms. The van der Waals surface area contributed by atoms with Gasteiger partial charge in [-0.25, -0.2) is 0 Å². The molecule has 0 spiro atoms. The minimum absolute atomic E-state index is 0.0993. The molecular formula is C16H16N2O6S. The van der Waals surface area contributed by atoms with Crippen LogP contribution < -0.4 is 10.1 Å². The Morgan fingerprint density at radius 1 is 1.32 bits per heavy atom. The lowest BCUT2D eigenvalue weighted by atomic mass is 9.98. The Hall–Kier alpha value is -2.94. The van der Waals surface area contributed by atoms with Gasteiger partial charge in [-0.05, 0) is 24.1 Å². The van der Waals surface area contributed by atoms with Crippen LogP contribution in [0.5, 0.6) is 5.75 Å². The number of carboxylic acids is 1. The molecular weight excluding hydrogens is 348 g/mol. The average Bonchev–Trinajstić information content (AvgIpc) is 3.08. The molecule has 1 aromatic heterocycles. The van der Waals surface area contributed by atoms with E-state index in [1.165, 1.54) is 19.2 Å². The molecule has 1 amide bonds. The largest absolute Gasteiger partial charge is 0.496 e. The summed E-state index contributed by atoms with van der Waals surface area (Å²) in [7, 11) is 1.50. The number of carboxylic acid groups (broad SMARTS) is 1. The summed E-state index contributed by atoms with van der Waals surface area (Å²) in [6.07, 6.45) is 0.185. The number of carbonyl (C=O) groups is 2. The fourth-order valence-electron chi connectivity index (χ4n) is 2.23. The van der Waals surface area contributed by atoms with E-state index >= 15 is 0 Å². The van der Waals surface area contributed by atoms with Crippen LogP contribution in [0.25, 0.3) is 0 Å². The van der Waals surface area contributed by atoms with E-state index in [1.54, 1.807) is 24.3 Å². The fourth-order valence-corrected chi connectivity index (χ4v) is 2.97. The van der Waals surface area contributed by atoms with Gasteiger partial charge in [-0.1, -0.05) is 29.5 Å². The van der Waals surface area contributed by atoms with Crippen molar-refractivity contribution in [1.82, 2.24) is 5.32 Å². The number of para-hydroxylation sites is 1. The normalized spacial score (nSPS) is 11.6. The van der Waals surface area contributed by atoms with E-state index in [0.29, 0.717) is 5.75 Å². The van der Waals surface area contributed by atoms with Crippen LogP contribution in [0.15, 0.2) is 36.4 Å². The minimum Gasteiger partial charge on any atom is -0.496 e. The predicted molar refractivity (Wildman–Crippen MR) is 91.1 cm³/mol. The summed E-state index contributed by atoms with van der Waals surface area (Å²) in [5.41, 5.74) is 0.721. The SMILES string of the molecule is COc1ccccc1CC(CNC(=O)c1ccc([N+](=O)[O-])s1)C(=O)O. The number of carbonyl (C=O) groups excluding carboxylic acids is 1. The van der Waals surface area contributed by atoms with E-state index < -0.39 is 22.7 Å². The van der Waals surface area contributed by atoms with Gasteiger partial charge in [0, 0.05) is 12.6 Å². The summed E-state index contributed by atoms with van der Waals surface area (Å²) in [4.78, 5) is 33.7. The number of benzene rings is 1. The van der Waals surface area contributed by atoms with Gasteiger partial charge in [0.15, 0.2) is 0 Å². The highest BCUT2D eigenvalue weighted by Crippen LogP contribution is 2.24. The van der Waals surface area contributed by atoms with Gasteiger partial charge in [-0.2, -0.15) is 0 Å². The highest BCUT2D eigenvalue weighted by atomic mass is 32.1. The summed E-state index contributed by atoms with van der Waals surface area (Å²) in [5, 5.41) is 22.4. The van der Waals surface area contributed by atoms with Crippen LogP contribution in [0.3, 0.4) is 0 Å². The van der Waals surface area contributed by atoms with Gasteiger partial charge in [0.2, 0.25) is 0 Å². The van der Waals surface area contributed by atoms with Crippen LogP contribution in [0.4, 0.5) is 5.00 Å². The molecule has 1 heterocycles. The molecule has 1 aromatic carbocycles. The second-order valence-corrected chi connectivity index (χ2v) is 6.22. The second-order valence-electron chi connectivity index (χ2n) is 5.16. The first kappa shape index (κ1) is 18.4. The van der Waals surface area contributed by atoms with Crippen molar-refractivity contribution in [2.45, 2.75) is 6.42 Å². The second kappa shape index (κ2) is 8.25. The molecule has 0 fully saturated rings. The molecule has 132 valence electrons. The number of aliphatic carboxylic acids is 1. The Kier molecular flexibility index (Phi) is 6.07. The molecule has 0 aliphatic rings. The van der Waals surface area contributed by atoms with Gasteiger partial charge in [0.05, 0.1) is 22.8 Å². The van der Waals surface area contributed by atoms with Gasteiger partial charge in [0.25, 0.3) is 5.91 Å². The third kappa shape index (κ3) is 4.77. The predicted octanol–water partition coefficient (Wildman–Crippen LogP) is 2.34. The maximum absolute atomic E-state index is 12.0. The summed E-state index contributed by atoms with van der Waals surface area (Å²) in [5.74, 6) is -1.86. The number of nitrogens with one attached hydrogen (secondary N) is 1. The van der Waals surface area contributed by atoms with Crippen LogP contribution >= 0.6 is 11.3 Å². The molecule has 9 heteroatoms. The van der Waals surface area contributed by atoms with Crippen molar-refractivity contribution in [3.8, 4) is 5.75 Å². The smallest absolute Gasteiger partial charge is 0.324 e. The van der Waals surface area contributed by atoms with Gasteiger partial charge in [0.1, 0.15) is 5.75 Å². The third-order valence-corrected chi connectivity index (χ3v) is 4.55. The summed E-state index contributed by atoms with van der Waals surface area (Å²) >= 11 is 0.741. The number of hydrogen-bond acceptors (Lipinski definition) is 6. The van der Waals surface area contributed by atoms with Gasteiger partial charge in [-0.15, -0.1) is 0 Å². The van der Waals surface area contributed by atoms with Crippen molar-refractivity contribution in [3.05, 3.63) is 57.0 Å². The average molecular weight is 364 g/mol. The van der Waals surface area contributed by atoms with E-state index in [-0.39, 0.29) is 22.8 Å². The van der Waals surface area contributed by atoms with Crippen LogP contribution in [-0.2, 0) is 11.2 Å². The van der Waals surface area contributed by atoms with Crippen molar-refractivity contribution in [3.63, 3.8) is 0 Å². The molecule has 0 saturated heterocycles. The van der Waals surface area contributed by atoms with Crippen molar-refractivity contribution in [2.24, 2.45) is 5.92 Å². The number of nitrogens with zero attached hydrogens (tertiary/aromatic N) is 1. The molecule has 2 rings (SSSR count). The molecule has 8 nitrogen and oxygen atoms in total. The molecule has 2 N–H and O–H groups in total. The van der Waals surface area contributed by atoms with Crippen LogP contribution in [-0.4, -0.2) is 35.6 Å². The highest BCUT2D eigenvalue weighted by molar-refractivity contribution is 7.17. The monoisotopic (exact) mass is 364 g/mol. The van der Waals surface area contributed by atoms with E-state index in [9.17, 15) is 24.8 Å².